The Hall–Kier alpha value is -1.91. The zero-order chi connectivity index (χ0) is 14.7. The highest BCUT2D eigenvalue weighted by Crippen LogP contribution is 2.10. The molecule has 0 heterocycles. The summed E-state index contributed by atoms with van der Waals surface area (Å²) < 4.78 is 9.75. The van der Waals surface area contributed by atoms with E-state index in [9.17, 15) is 14.4 Å². The molecule has 0 rings (SSSR count). The van der Waals surface area contributed by atoms with Gasteiger partial charge in [0.05, 0.1) is 0 Å². The van der Waals surface area contributed by atoms with Crippen molar-refractivity contribution in [2.45, 2.75) is 27.2 Å². The van der Waals surface area contributed by atoms with Gasteiger partial charge < -0.3 is 9.47 Å². The van der Waals surface area contributed by atoms with Crippen molar-refractivity contribution in [3.63, 3.8) is 0 Å². The lowest BCUT2D eigenvalue weighted by Crippen LogP contribution is -2.30. The number of allylic oxidation sites excluding steroid dienone is 2. The van der Waals surface area contributed by atoms with Crippen LogP contribution in [0, 0.1) is 5.92 Å². The minimum absolute atomic E-state index is 0.0753. The van der Waals surface area contributed by atoms with Gasteiger partial charge in [0, 0.05) is 6.42 Å². The van der Waals surface area contributed by atoms with Gasteiger partial charge in [0.25, 0.3) is 0 Å². The van der Waals surface area contributed by atoms with Gasteiger partial charge in [-0.05, 0) is 20.8 Å². The van der Waals surface area contributed by atoms with E-state index >= 15 is 0 Å². The summed E-state index contributed by atoms with van der Waals surface area (Å²) in [5.74, 6) is -2.93. The van der Waals surface area contributed by atoms with Crippen molar-refractivity contribution in [1.29, 1.82) is 0 Å². The highest BCUT2D eigenvalue weighted by molar-refractivity contribution is 5.98. The Morgan fingerprint density at radius 2 is 1.37 bits per heavy atom. The average Bonchev–Trinajstić information content (AvgIpc) is 2.36. The van der Waals surface area contributed by atoms with Crippen LogP contribution >= 0.6 is 0 Å². The fourth-order valence-corrected chi connectivity index (χ4v) is 1.20. The van der Waals surface area contributed by atoms with Gasteiger partial charge >= 0.3 is 11.9 Å². The van der Waals surface area contributed by atoms with Crippen LogP contribution in [0.25, 0.3) is 0 Å². The Labute approximate surface area is 113 Å². The number of carbonyl (C=O) groups is 3. The summed E-state index contributed by atoms with van der Waals surface area (Å²) in [6.45, 7) is 5.03. The average molecular weight is 268 g/mol. The number of ether oxygens (including phenoxy) is 2. The van der Waals surface area contributed by atoms with E-state index in [0.29, 0.717) is 0 Å². The summed E-state index contributed by atoms with van der Waals surface area (Å²) >= 11 is 0. The standard InChI is InChI=1S/C14H20O5/c1-4-6-8-18-13(16)12(10-11(3)15)14(17)19-9-7-5-2/h4-7,12H,8-10H2,1-3H3/b6-4+,7-5+. The molecule has 0 unspecified atom stereocenters. The van der Waals surface area contributed by atoms with Gasteiger partial charge in [-0.2, -0.15) is 0 Å². The lowest BCUT2D eigenvalue weighted by molar-refractivity contribution is -0.162. The van der Waals surface area contributed by atoms with Gasteiger partial charge in [0.1, 0.15) is 19.0 Å². The molecule has 5 heteroatoms. The van der Waals surface area contributed by atoms with Gasteiger partial charge in [-0.25, -0.2) is 0 Å². The molecule has 0 saturated carbocycles. The monoisotopic (exact) mass is 268 g/mol. The first kappa shape index (κ1) is 17.1. The lowest BCUT2D eigenvalue weighted by atomic mass is 10.0. The number of hydrogen-bond acceptors (Lipinski definition) is 5. The molecule has 0 radical (unpaired) electrons. The molecule has 0 fully saturated rings. The molecular formula is C14H20O5. The van der Waals surface area contributed by atoms with Crippen molar-refractivity contribution in [3.8, 4) is 0 Å². The van der Waals surface area contributed by atoms with Gasteiger partial charge in [-0.1, -0.05) is 24.3 Å². The maximum Gasteiger partial charge on any atom is 0.321 e. The largest absolute Gasteiger partial charge is 0.461 e. The molecule has 0 aliphatic carbocycles. The first-order chi connectivity index (χ1) is 9.02. The zero-order valence-corrected chi connectivity index (χ0v) is 11.5. The van der Waals surface area contributed by atoms with Crippen molar-refractivity contribution in [3.05, 3.63) is 24.3 Å². The minimum atomic E-state index is -1.19. The van der Waals surface area contributed by atoms with Crippen LogP contribution in [0.3, 0.4) is 0 Å². The SMILES string of the molecule is C/C=C/COC(=O)C(CC(C)=O)C(=O)OC/C=C/C. The van der Waals surface area contributed by atoms with Crippen LogP contribution in [0.5, 0.6) is 0 Å². The van der Waals surface area contributed by atoms with E-state index < -0.39 is 17.9 Å². The van der Waals surface area contributed by atoms with Crippen molar-refractivity contribution in [2.24, 2.45) is 5.92 Å². The van der Waals surface area contributed by atoms with Crippen LogP contribution < -0.4 is 0 Å². The van der Waals surface area contributed by atoms with E-state index in [0.717, 1.165) is 0 Å². The highest BCUT2D eigenvalue weighted by atomic mass is 16.6. The predicted octanol–water partition coefficient (Wildman–Crippen LogP) is 1.82. The predicted molar refractivity (Wildman–Crippen MR) is 70.3 cm³/mol. The van der Waals surface area contributed by atoms with Gasteiger partial charge in [-0.15, -0.1) is 0 Å². The van der Waals surface area contributed by atoms with Crippen molar-refractivity contribution < 1.29 is 23.9 Å². The normalized spacial score (nSPS) is 11.2. The molecule has 0 bridgehead atoms. The third-order valence-corrected chi connectivity index (χ3v) is 2.18. The lowest BCUT2D eigenvalue weighted by Gasteiger charge is -2.12. The molecule has 19 heavy (non-hydrogen) atoms. The maximum absolute atomic E-state index is 11.7. The Bertz CT molecular complexity index is 340. The summed E-state index contributed by atoms with van der Waals surface area (Å²) in [6, 6.07) is 0. The molecule has 0 aliphatic rings. The first-order valence-electron chi connectivity index (χ1n) is 6.07. The van der Waals surface area contributed by atoms with Gasteiger partial charge in [0.15, 0.2) is 5.92 Å². The number of hydrogen-bond donors (Lipinski definition) is 0. The Kier molecular flexibility index (Phi) is 9.04. The van der Waals surface area contributed by atoms with Crippen LogP contribution in [-0.2, 0) is 23.9 Å². The van der Waals surface area contributed by atoms with E-state index in [4.69, 9.17) is 9.47 Å². The Balaban J connectivity index is 4.55. The van der Waals surface area contributed by atoms with E-state index in [-0.39, 0.29) is 25.4 Å². The second-order valence-electron chi connectivity index (χ2n) is 3.86. The second-order valence-corrected chi connectivity index (χ2v) is 3.86. The summed E-state index contributed by atoms with van der Waals surface area (Å²) in [6.07, 6.45) is 6.50. The minimum Gasteiger partial charge on any atom is -0.461 e. The molecule has 0 saturated heterocycles. The quantitative estimate of drug-likeness (QED) is 0.381. The van der Waals surface area contributed by atoms with E-state index in [1.807, 2.05) is 0 Å². The smallest absolute Gasteiger partial charge is 0.321 e. The van der Waals surface area contributed by atoms with Crippen molar-refractivity contribution in [1.82, 2.24) is 0 Å². The van der Waals surface area contributed by atoms with Crippen molar-refractivity contribution in [2.75, 3.05) is 13.2 Å². The van der Waals surface area contributed by atoms with Crippen LogP contribution in [0.4, 0.5) is 0 Å². The molecule has 5 nitrogen and oxygen atoms in total. The molecule has 0 aliphatic heterocycles. The summed E-state index contributed by atoms with van der Waals surface area (Å²) in [7, 11) is 0. The molecule has 0 amide bonds. The van der Waals surface area contributed by atoms with Crippen LogP contribution in [0.15, 0.2) is 24.3 Å². The highest BCUT2D eigenvalue weighted by Gasteiger charge is 2.30. The molecule has 0 N–H and O–H groups in total. The topological polar surface area (TPSA) is 69.7 Å². The molecule has 0 atom stereocenters. The van der Waals surface area contributed by atoms with E-state index in [2.05, 4.69) is 0 Å². The summed E-state index contributed by atoms with van der Waals surface area (Å²) in [5, 5.41) is 0. The number of rotatable bonds is 8. The molecule has 106 valence electrons. The second kappa shape index (κ2) is 10.1. The molecular weight excluding hydrogens is 248 g/mol. The summed E-state index contributed by atoms with van der Waals surface area (Å²) in [4.78, 5) is 34.5. The van der Waals surface area contributed by atoms with Gasteiger partial charge in [0.2, 0.25) is 0 Å². The fourth-order valence-electron chi connectivity index (χ4n) is 1.20. The number of Topliss-reactive ketones (excluding diaryl/α,β-unsaturated/α-hetero) is 1. The maximum atomic E-state index is 11.7. The zero-order valence-electron chi connectivity index (χ0n) is 11.5. The molecule has 0 aromatic carbocycles. The third-order valence-electron chi connectivity index (χ3n) is 2.18. The molecule has 0 aromatic rings. The number of esters is 2. The van der Waals surface area contributed by atoms with Gasteiger partial charge in [-0.3, -0.25) is 14.4 Å². The van der Waals surface area contributed by atoms with Crippen LogP contribution in [-0.4, -0.2) is 30.9 Å². The fraction of sp³-hybridized carbons (Fsp3) is 0.500. The van der Waals surface area contributed by atoms with Crippen molar-refractivity contribution >= 4 is 17.7 Å². The number of ketones is 1. The third kappa shape index (κ3) is 7.91. The van der Waals surface area contributed by atoms with E-state index in [1.54, 1.807) is 38.2 Å². The summed E-state index contributed by atoms with van der Waals surface area (Å²) in [5.41, 5.74) is 0. The first-order valence-corrected chi connectivity index (χ1v) is 6.07. The molecule has 0 spiro atoms. The number of carbonyl (C=O) groups excluding carboxylic acids is 3. The van der Waals surface area contributed by atoms with Crippen LogP contribution in [0.2, 0.25) is 0 Å². The molecule has 0 aromatic heterocycles. The van der Waals surface area contributed by atoms with E-state index in [1.165, 1.54) is 6.92 Å². The Morgan fingerprint density at radius 1 is 0.947 bits per heavy atom. The Morgan fingerprint density at radius 3 is 1.68 bits per heavy atom. The van der Waals surface area contributed by atoms with Crippen LogP contribution in [0.1, 0.15) is 27.2 Å².